The Morgan fingerprint density at radius 2 is 2.00 bits per heavy atom. The zero-order chi connectivity index (χ0) is 15.0. The van der Waals surface area contributed by atoms with Crippen LogP contribution in [-0.4, -0.2) is 24.0 Å². The van der Waals surface area contributed by atoms with E-state index in [0.717, 1.165) is 36.6 Å². The van der Waals surface area contributed by atoms with E-state index in [0.29, 0.717) is 19.0 Å². The van der Waals surface area contributed by atoms with Crippen LogP contribution in [0.25, 0.3) is 0 Å². The van der Waals surface area contributed by atoms with Gasteiger partial charge in [0, 0.05) is 31.4 Å². The third-order valence-electron chi connectivity index (χ3n) is 3.41. The van der Waals surface area contributed by atoms with Crippen LogP contribution >= 0.6 is 24.0 Å². The third-order valence-corrected chi connectivity index (χ3v) is 3.41. The van der Waals surface area contributed by atoms with Crippen LogP contribution in [0, 0.1) is 0 Å². The zero-order valence-electron chi connectivity index (χ0n) is 12.9. The third kappa shape index (κ3) is 5.38. The molecule has 1 aromatic carbocycles. The molecule has 0 atom stereocenters. The van der Waals surface area contributed by atoms with Crippen LogP contribution in [-0.2, 0) is 13.2 Å². The van der Waals surface area contributed by atoms with Crippen LogP contribution in [0.3, 0.4) is 0 Å². The number of aromatic nitrogens is 1. The Balaban J connectivity index is 0.00000192. The maximum absolute atomic E-state index is 5.85. The molecule has 6 heteroatoms. The Bertz CT molecular complexity index is 634. The molecule has 0 amide bonds. The number of nitrogens with one attached hydrogen (secondary N) is 2. The number of rotatable bonds is 5. The van der Waals surface area contributed by atoms with Gasteiger partial charge in [0.2, 0.25) is 5.88 Å². The van der Waals surface area contributed by atoms with Crippen molar-refractivity contribution in [3.05, 3.63) is 59.8 Å². The summed E-state index contributed by atoms with van der Waals surface area (Å²) in [6.07, 6.45) is 2.84. The van der Waals surface area contributed by atoms with Crippen molar-refractivity contribution in [1.29, 1.82) is 0 Å². The van der Waals surface area contributed by atoms with E-state index in [9.17, 15) is 0 Å². The van der Waals surface area contributed by atoms with E-state index in [1.165, 1.54) is 0 Å². The van der Waals surface area contributed by atoms with Gasteiger partial charge >= 0.3 is 0 Å². The second-order valence-corrected chi connectivity index (χ2v) is 5.11. The molecule has 2 heterocycles. The fourth-order valence-electron chi connectivity index (χ4n) is 2.24. The largest absolute Gasteiger partial charge is 0.473 e. The normalized spacial score (nSPS) is 13.3. The predicted octanol–water partition coefficient (Wildman–Crippen LogP) is 2.72. The first-order valence-electron chi connectivity index (χ1n) is 7.54. The summed E-state index contributed by atoms with van der Waals surface area (Å²) in [5.41, 5.74) is 2.15. The molecule has 0 saturated heterocycles. The topological polar surface area (TPSA) is 58.5 Å². The number of aliphatic imine (C=N–C) groups is 1. The lowest BCUT2D eigenvalue weighted by Gasteiger charge is -2.17. The van der Waals surface area contributed by atoms with Crippen molar-refractivity contribution < 1.29 is 4.74 Å². The van der Waals surface area contributed by atoms with Gasteiger partial charge in [-0.3, -0.25) is 4.99 Å². The molecule has 23 heavy (non-hydrogen) atoms. The van der Waals surface area contributed by atoms with E-state index in [4.69, 9.17) is 4.74 Å². The van der Waals surface area contributed by atoms with Gasteiger partial charge in [-0.1, -0.05) is 36.4 Å². The van der Waals surface area contributed by atoms with E-state index in [1.807, 2.05) is 42.5 Å². The fraction of sp³-hybridized carbons (Fsp3) is 0.294. The number of pyridine rings is 1. The van der Waals surface area contributed by atoms with E-state index in [2.05, 4.69) is 20.6 Å². The summed E-state index contributed by atoms with van der Waals surface area (Å²) in [4.78, 5) is 8.74. The number of hydrogen-bond donors (Lipinski definition) is 2. The molecule has 2 N–H and O–H groups in total. The highest BCUT2D eigenvalue weighted by Crippen LogP contribution is 2.15. The van der Waals surface area contributed by atoms with Crippen molar-refractivity contribution in [3.8, 4) is 5.88 Å². The number of hydrogen-bond acceptors (Lipinski definition) is 5. The first-order chi connectivity index (χ1) is 10.9. The molecule has 0 fully saturated rings. The summed E-state index contributed by atoms with van der Waals surface area (Å²) in [6, 6.07) is 14.0. The van der Waals surface area contributed by atoms with Gasteiger partial charge in [0.15, 0.2) is 5.96 Å². The first-order valence-corrected chi connectivity index (χ1v) is 7.54. The smallest absolute Gasteiger partial charge is 0.218 e. The molecule has 5 nitrogen and oxygen atoms in total. The monoisotopic (exact) mass is 424 g/mol. The molecule has 1 aliphatic heterocycles. The Labute approximate surface area is 153 Å². The highest BCUT2D eigenvalue weighted by Gasteiger charge is 2.08. The first kappa shape index (κ1) is 17.5. The number of halogens is 1. The highest BCUT2D eigenvalue weighted by molar-refractivity contribution is 14.0. The summed E-state index contributed by atoms with van der Waals surface area (Å²) < 4.78 is 5.85. The second-order valence-electron chi connectivity index (χ2n) is 5.11. The fourth-order valence-corrected chi connectivity index (χ4v) is 2.24. The number of nitrogens with zero attached hydrogens (tertiary/aromatic N) is 2. The van der Waals surface area contributed by atoms with Crippen LogP contribution in [0.5, 0.6) is 5.88 Å². The Morgan fingerprint density at radius 1 is 1.13 bits per heavy atom. The van der Waals surface area contributed by atoms with Gasteiger partial charge in [0.25, 0.3) is 0 Å². The zero-order valence-corrected chi connectivity index (χ0v) is 15.2. The van der Waals surface area contributed by atoms with E-state index >= 15 is 0 Å². The molecule has 2 aromatic rings. The number of ether oxygens (including phenoxy) is 1. The molecule has 0 unspecified atom stereocenters. The van der Waals surface area contributed by atoms with Crippen molar-refractivity contribution in [3.63, 3.8) is 0 Å². The van der Waals surface area contributed by atoms with Crippen molar-refractivity contribution in [1.82, 2.24) is 15.6 Å². The molecule has 0 radical (unpaired) electrons. The standard InChI is InChI=1S/C17H20N4O.HI/c1-2-6-14(7-3-1)13-22-16-15(8-4-9-18-16)12-21-17-19-10-5-11-20-17;/h1-4,6-9H,5,10-13H2,(H2,19,20,21);1H. The summed E-state index contributed by atoms with van der Waals surface area (Å²) in [6.45, 7) is 3.00. The van der Waals surface area contributed by atoms with Gasteiger partial charge in [-0.05, 0) is 18.1 Å². The quantitative estimate of drug-likeness (QED) is 0.725. The molecule has 122 valence electrons. The average Bonchev–Trinajstić information content (AvgIpc) is 2.61. The predicted molar refractivity (Wildman–Crippen MR) is 102 cm³/mol. The molecule has 0 bridgehead atoms. The summed E-state index contributed by atoms with van der Waals surface area (Å²) in [7, 11) is 0. The van der Waals surface area contributed by atoms with Crippen molar-refractivity contribution >= 4 is 29.9 Å². The lowest BCUT2D eigenvalue weighted by atomic mass is 10.2. The molecule has 1 aliphatic rings. The molecule has 1 aromatic heterocycles. The number of benzene rings is 1. The molecule has 0 aliphatic carbocycles. The molecule has 3 rings (SSSR count). The molecular weight excluding hydrogens is 403 g/mol. The van der Waals surface area contributed by atoms with E-state index in [-0.39, 0.29) is 24.0 Å². The molecular formula is C17H21IN4O. The molecule has 0 saturated carbocycles. The summed E-state index contributed by atoms with van der Waals surface area (Å²) in [5, 5.41) is 6.54. The summed E-state index contributed by atoms with van der Waals surface area (Å²) in [5.74, 6) is 1.51. The van der Waals surface area contributed by atoms with Gasteiger partial charge < -0.3 is 15.4 Å². The van der Waals surface area contributed by atoms with E-state index in [1.54, 1.807) is 6.20 Å². The van der Waals surface area contributed by atoms with Crippen LogP contribution < -0.4 is 15.4 Å². The van der Waals surface area contributed by atoms with Crippen molar-refractivity contribution in [2.75, 3.05) is 13.1 Å². The molecule has 0 spiro atoms. The van der Waals surface area contributed by atoms with Gasteiger partial charge in [-0.15, -0.1) is 24.0 Å². The highest BCUT2D eigenvalue weighted by atomic mass is 127. The summed E-state index contributed by atoms with van der Waals surface area (Å²) >= 11 is 0. The van der Waals surface area contributed by atoms with Crippen LogP contribution in [0.15, 0.2) is 53.7 Å². The average molecular weight is 424 g/mol. The van der Waals surface area contributed by atoms with Gasteiger partial charge in [-0.2, -0.15) is 0 Å². The Kier molecular flexibility index (Phi) is 7.12. The van der Waals surface area contributed by atoms with Crippen LogP contribution in [0.4, 0.5) is 0 Å². The minimum absolute atomic E-state index is 0. The maximum Gasteiger partial charge on any atom is 0.218 e. The lowest BCUT2D eigenvalue weighted by Crippen LogP contribution is -2.40. The SMILES string of the molecule is I.c1ccc(COc2ncccc2CNC2=NCCCN2)cc1. The van der Waals surface area contributed by atoms with E-state index < -0.39 is 0 Å². The van der Waals surface area contributed by atoms with Gasteiger partial charge in [-0.25, -0.2) is 4.98 Å². The van der Waals surface area contributed by atoms with Crippen LogP contribution in [0.2, 0.25) is 0 Å². The van der Waals surface area contributed by atoms with Gasteiger partial charge in [0.1, 0.15) is 6.61 Å². The van der Waals surface area contributed by atoms with Crippen molar-refractivity contribution in [2.45, 2.75) is 19.6 Å². The minimum atomic E-state index is 0. The van der Waals surface area contributed by atoms with Crippen molar-refractivity contribution in [2.24, 2.45) is 4.99 Å². The minimum Gasteiger partial charge on any atom is -0.473 e. The second kappa shape index (κ2) is 9.34. The number of guanidine groups is 1. The lowest BCUT2D eigenvalue weighted by molar-refractivity contribution is 0.290. The Morgan fingerprint density at radius 3 is 2.78 bits per heavy atom. The maximum atomic E-state index is 5.85. The van der Waals surface area contributed by atoms with Gasteiger partial charge in [0.05, 0.1) is 0 Å². The Hall–Kier alpha value is -1.83. The van der Waals surface area contributed by atoms with Crippen LogP contribution in [0.1, 0.15) is 17.5 Å².